The van der Waals surface area contributed by atoms with Crippen LogP contribution >= 0.6 is 0 Å². The average Bonchev–Trinajstić information content (AvgIpc) is 2.95. The molecule has 3 unspecified atom stereocenters. The Labute approximate surface area is 127 Å². The van der Waals surface area contributed by atoms with E-state index >= 15 is 0 Å². The molecule has 0 bridgehead atoms. The lowest BCUT2D eigenvalue weighted by Gasteiger charge is -2.46. The molecular weight excluding hydrogens is 268 g/mol. The van der Waals surface area contributed by atoms with Gasteiger partial charge in [0.05, 0.1) is 6.10 Å². The second kappa shape index (κ2) is 6.34. The van der Waals surface area contributed by atoms with Crippen molar-refractivity contribution in [1.82, 2.24) is 10.2 Å². The second-order valence-electron chi connectivity index (χ2n) is 6.81. The van der Waals surface area contributed by atoms with Gasteiger partial charge in [-0.05, 0) is 39.0 Å². The first-order valence-electron chi connectivity index (χ1n) is 8.12. The molecule has 2 amide bonds. The maximum absolute atomic E-state index is 12.8. The van der Waals surface area contributed by atoms with E-state index in [1.165, 1.54) is 0 Å². The van der Waals surface area contributed by atoms with E-state index in [9.17, 15) is 9.59 Å². The van der Waals surface area contributed by atoms with Crippen LogP contribution in [-0.4, -0.2) is 47.6 Å². The Morgan fingerprint density at radius 2 is 2.14 bits per heavy atom. The van der Waals surface area contributed by atoms with Gasteiger partial charge in [-0.15, -0.1) is 0 Å². The number of carbonyl (C=O) groups is 2. The molecule has 2 fully saturated rings. The highest BCUT2D eigenvalue weighted by Gasteiger charge is 2.47. The standard InChI is InChI=1S/C16H28N2O3/c1-5-11(2)13-14(19)18(16(3,4)15(20)17-13)9-8-12-7-6-10-21-12/h11-13H,5-10H2,1-4H3,(H,17,20). The summed E-state index contributed by atoms with van der Waals surface area (Å²) in [5.41, 5.74) is -0.778. The van der Waals surface area contributed by atoms with E-state index in [1.807, 2.05) is 27.7 Å². The number of rotatable bonds is 5. The highest BCUT2D eigenvalue weighted by molar-refractivity contribution is 5.99. The van der Waals surface area contributed by atoms with Crippen LogP contribution in [0.3, 0.4) is 0 Å². The quantitative estimate of drug-likeness (QED) is 0.840. The second-order valence-corrected chi connectivity index (χ2v) is 6.81. The molecule has 0 saturated carbocycles. The predicted octanol–water partition coefficient (Wildman–Crippen LogP) is 1.71. The first kappa shape index (κ1) is 16.3. The first-order chi connectivity index (χ1) is 9.87. The number of ether oxygens (including phenoxy) is 1. The van der Waals surface area contributed by atoms with Crippen molar-refractivity contribution in [3.8, 4) is 0 Å². The minimum atomic E-state index is -0.778. The van der Waals surface area contributed by atoms with Crippen LogP contribution in [0, 0.1) is 5.92 Å². The molecule has 2 heterocycles. The van der Waals surface area contributed by atoms with Crippen LogP contribution in [-0.2, 0) is 14.3 Å². The number of piperazine rings is 1. The summed E-state index contributed by atoms with van der Waals surface area (Å²) in [5.74, 6) is 0.148. The highest BCUT2D eigenvalue weighted by atomic mass is 16.5. The predicted molar refractivity (Wildman–Crippen MR) is 80.8 cm³/mol. The smallest absolute Gasteiger partial charge is 0.246 e. The molecule has 1 N–H and O–H groups in total. The van der Waals surface area contributed by atoms with Crippen molar-refractivity contribution in [1.29, 1.82) is 0 Å². The van der Waals surface area contributed by atoms with Gasteiger partial charge in [0.1, 0.15) is 11.6 Å². The van der Waals surface area contributed by atoms with Gasteiger partial charge in [0.15, 0.2) is 0 Å². The third-order valence-electron chi connectivity index (χ3n) is 4.96. The molecule has 120 valence electrons. The minimum absolute atomic E-state index is 0.0481. The van der Waals surface area contributed by atoms with Gasteiger partial charge >= 0.3 is 0 Å². The van der Waals surface area contributed by atoms with Crippen LogP contribution in [0.4, 0.5) is 0 Å². The van der Waals surface area contributed by atoms with E-state index in [2.05, 4.69) is 5.32 Å². The van der Waals surface area contributed by atoms with Crippen molar-refractivity contribution in [2.45, 2.75) is 71.1 Å². The Bertz CT molecular complexity index is 402. The zero-order valence-corrected chi connectivity index (χ0v) is 13.6. The third kappa shape index (κ3) is 3.23. The number of amides is 2. The van der Waals surface area contributed by atoms with Crippen LogP contribution in [0.15, 0.2) is 0 Å². The van der Waals surface area contributed by atoms with Gasteiger partial charge in [0.2, 0.25) is 11.8 Å². The Hall–Kier alpha value is -1.10. The monoisotopic (exact) mass is 296 g/mol. The van der Waals surface area contributed by atoms with Crippen molar-refractivity contribution in [3.05, 3.63) is 0 Å². The fourth-order valence-electron chi connectivity index (χ4n) is 3.10. The molecule has 3 atom stereocenters. The number of hydrogen-bond donors (Lipinski definition) is 1. The molecule has 0 aromatic carbocycles. The molecule has 5 nitrogen and oxygen atoms in total. The summed E-state index contributed by atoms with van der Waals surface area (Å²) >= 11 is 0. The SMILES string of the molecule is CCC(C)C1NC(=O)C(C)(C)N(CCC2CCCO2)C1=O. The summed E-state index contributed by atoms with van der Waals surface area (Å²) in [4.78, 5) is 26.9. The number of carbonyl (C=O) groups excluding carboxylic acids is 2. The van der Waals surface area contributed by atoms with Crippen LogP contribution in [0.1, 0.15) is 53.4 Å². The fourth-order valence-corrected chi connectivity index (χ4v) is 3.10. The van der Waals surface area contributed by atoms with Crippen molar-refractivity contribution in [2.75, 3.05) is 13.2 Å². The topological polar surface area (TPSA) is 58.6 Å². The van der Waals surface area contributed by atoms with E-state index < -0.39 is 5.54 Å². The lowest BCUT2D eigenvalue weighted by Crippen LogP contribution is -2.69. The van der Waals surface area contributed by atoms with Gasteiger partial charge < -0.3 is 15.0 Å². The molecule has 0 radical (unpaired) electrons. The Morgan fingerprint density at radius 1 is 1.43 bits per heavy atom. The Balaban J connectivity index is 2.09. The first-order valence-corrected chi connectivity index (χ1v) is 8.12. The zero-order valence-electron chi connectivity index (χ0n) is 13.6. The number of hydrogen-bond acceptors (Lipinski definition) is 3. The van der Waals surface area contributed by atoms with Crippen LogP contribution in [0.25, 0.3) is 0 Å². The van der Waals surface area contributed by atoms with Crippen LogP contribution < -0.4 is 5.32 Å². The van der Waals surface area contributed by atoms with Gasteiger partial charge in [0, 0.05) is 13.2 Å². The zero-order chi connectivity index (χ0) is 15.6. The molecule has 5 heteroatoms. The molecule has 2 aliphatic rings. The highest BCUT2D eigenvalue weighted by Crippen LogP contribution is 2.26. The molecule has 2 rings (SSSR count). The molecule has 2 aliphatic heterocycles. The summed E-state index contributed by atoms with van der Waals surface area (Å²) in [6.07, 6.45) is 4.08. The van der Waals surface area contributed by atoms with E-state index in [4.69, 9.17) is 4.74 Å². The summed E-state index contributed by atoms with van der Waals surface area (Å²) in [5, 5.41) is 2.90. The van der Waals surface area contributed by atoms with Gasteiger partial charge in [-0.3, -0.25) is 9.59 Å². The molecule has 0 aromatic heterocycles. The number of nitrogens with zero attached hydrogens (tertiary/aromatic N) is 1. The maximum Gasteiger partial charge on any atom is 0.246 e. The molecule has 0 aliphatic carbocycles. The van der Waals surface area contributed by atoms with Crippen molar-refractivity contribution < 1.29 is 14.3 Å². The summed E-state index contributed by atoms with van der Waals surface area (Å²) < 4.78 is 5.63. The van der Waals surface area contributed by atoms with E-state index in [1.54, 1.807) is 4.90 Å². The van der Waals surface area contributed by atoms with Gasteiger partial charge in [-0.2, -0.15) is 0 Å². The van der Waals surface area contributed by atoms with Crippen molar-refractivity contribution in [2.24, 2.45) is 5.92 Å². The average molecular weight is 296 g/mol. The van der Waals surface area contributed by atoms with Crippen molar-refractivity contribution >= 4 is 11.8 Å². The summed E-state index contributed by atoms with van der Waals surface area (Å²) in [6.45, 7) is 9.11. The van der Waals surface area contributed by atoms with Crippen LogP contribution in [0.5, 0.6) is 0 Å². The lowest BCUT2D eigenvalue weighted by atomic mass is 9.89. The fraction of sp³-hybridized carbons (Fsp3) is 0.875. The van der Waals surface area contributed by atoms with Gasteiger partial charge in [-0.1, -0.05) is 20.3 Å². The summed E-state index contributed by atoms with van der Waals surface area (Å²) in [6, 6.07) is -0.389. The van der Waals surface area contributed by atoms with E-state index in [0.29, 0.717) is 6.54 Å². The molecule has 0 spiro atoms. The van der Waals surface area contributed by atoms with Crippen molar-refractivity contribution in [3.63, 3.8) is 0 Å². The lowest BCUT2D eigenvalue weighted by molar-refractivity contribution is -0.157. The molecule has 0 aromatic rings. The maximum atomic E-state index is 12.8. The largest absolute Gasteiger partial charge is 0.378 e. The molecular formula is C16H28N2O3. The van der Waals surface area contributed by atoms with E-state index in [0.717, 1.165) is 32.3 Å². The number of nitrogens with one attached hydrogen (secondary N) is 1. The minimum Gasteiger partial charge on any atom is -0.378 e. The Morgan fingerprint density at radius 3 is 2.71 bits per heavy atom. The molecule has 2 saturated heterocycles. The third-order valence-corrected chi connectivity index (χ3v) is 4.96. The molecule has 21 heavy (non-hydrogen) atoms. The van der Waals surface area contributed by atoms with Gasteiger partial charge in [0.25, 0.3) is 0 Å². The van der Waals surface area contributed by atoms with Gasteiger partial charge in [-0.25, -0.2) is 0 Å². The normalized spacial score (nSPS) is 30.4. The Kier molecular flexibility index (Phi) is 4.91. The summed E-state index contributed by atoms with van der Waals surface area (Å²) in [7, 11) is 0. The van der Waals surface area contributed by atoms with E-state index in [-0.39, 0.29) is 29.9 Å². The van der Waals surface area contributed by atoms with Crippen LogP contribution in [0.2, 0.25) is 0 Å².